The van der Waals surface area contributed by atoms with E-state index in [-0.39, 0.29) is 0 Å². The number of esters is 1. The van der Waals surface area contributed by atoms with Gasteiger partial charge < -0.3 is 9.84 Å². The number of hydrogen-bond donors (Lipinski definition) is 1. The Kier molecular flexibility index (Phi) is 68.4. The van der Waals surface area contributed by atoms with Crippen molar-refractivity contribution in [3.8, 4) is 11.5 Å². The molecule has 0 radical (unpaired) electrons. The van der Waals surface area contributed by atoms with Crippen molar-refractivity contribution >= 4 is 22.8 Å². The van der Waals surface area contributed by atoms with Crippen LogP contribution in [0.25, 0.3) is 0 Å². The molecule has 43 heavy (non-hydrogen) atoms. The van der Waals surface area contributed by atoms with Crippen LogP contribution in [0, 0.1) is 13.8 Å². The Balaban J connectivity index is -0.0000000733. The van der Waals surface area contributed by atoms with E-state index in [1.807, 2.05) is 44.2 Å². The molecule has 0 bridgehead atoms. The average molecular weight is 660 g/mol. The number of hydrogen-bond acceptors (Lipinski definition) is 5. The number of nitrogens with zero attached hydrogens (tertiary/aromatic N) is 1. The molecule has 0 aliphatic carbocycles. The van der Waals surface area contributed by atoms with Crippen LogP contribution < -0.4 is 4.74 Å². The second-order valence-electron chi connectivity index (χ2n) is 5.70. The lowest BCUT2D eigenvalue weighted by molar-refractivity contribution is -0.129. The summed E-state index contributed by atoms with van der Waals surface area (Å²) in [6.45, 7) is 10.3. The molecule has 0 saturated heterocycles. The third kappa shape index (κ3) is 54.4. The Bertz CT molecular complexity index is 946. The highest BCUT2D eigenvalue weighted by molar-refractivity contribution is 6.66. The van der Waals surface area contributed by atoms with Gasteiger partial charge in [0.25, 0.3) is 0 Å². The number of alkyl halides is 2. The summed E-state index contributed by atoms with van der Waals surface area (Å²) in [6, 6.07) is 23.6. The van der Waals surface area contributed by atoms with Gasteiger partial charge in [0.2, 0.25) is 5.24 Å². The molecule has 246 valence electrons. The molecule has 0 atom stereocenters. The van der Waals surface area contributed by atoms with Crippen LogP contribution >= 0.6 is 11.6 Å². The SMILES string of the molecule is C=CC(=O)Cl.C=CC(=O)Oc1ccccc1.CF.CF.Cc1cccc(C)n1.FF.FF.FF.FF.Oc1ccccc1. The molecule has 0 unspecified atom stereocenters. The van der Waals surface area contributed by atoms with E-state index < -0.39 is 11.2 Å². The Morgan fingerprint density at radius 1 is 0.674 bits per heavy atom. The first-order valence-electron chi connectivity index (χ1n) is 10.5. The standard InChI is InChI=1S/C9H8O2.C7H9N.C6H6O.C3H3ClO.2CH3F.4F2/c1-2-9(10)11-8-6-4-3-5-7-8;1-6-4-3-5-7(2)8-6;7-6-4-2-1-3-5-6;1-2-3(4)5;6*1-2/h2-7H,1H2;3-5H,1-2H3;1-5,7H;2H,1H2;2*1H3;;;;. The van der Waals surface area contributed by atoms with Crippen molar-refractivity contribution in [2.24, 2.45) is 0 Å². The van der Waals surface area contributed by atoms with Gasteiger partial charge >= 0.3 is 5.97 Å². The Labute approximate surface area is 248 Å². The van der Waals surface area contributed by atoms with E-state index in [1.165, 1.54) is 0 Å². The highest BCUT2D eigenvalue weighted by Crippen LogP contribution is 2.08. The molecule has 0 amide bonds. The van der Waals surface area contributed by atoms with Gasteiger partial charge in [-0.15, -0.1) is 0 Å². The van der Waals surface area contributed by atoms with Crippen molar-refractivity contribution in [3.05, 3.63) is 116 Å². The predicted molar refractivity (Wildman–Crippen MR) is 148 cm³/mol. The molecular weight excluding hydrogens is 628 g/mol. The number of benzene rings is 2. The number of phenols is 1. The van der Waals surface area contributed by atoms with Crippen LogP contribution in [-0.2, 0) is 9.59 Å². The smallest absolute Gasteiger partial charge is 0.335 e. The minimum absolute atomic E-state index is 0.322. The summed E-state index contributed by atoms with van der Waals surface area (Å²) in [6.07, 6.45) is 2.18. The van der Waals surface area contributed by atoms with Gasteiger partial charge in [0.05, 0.1) is 14.4 Å². The van der Waals surface area contributed by atoms with Gasteiger partial charge in [-0.3, -0.25) is 18.6 Å². The van der Waals surface area contributed by atoms with Gasteiger partial charge in [-0.05, 0) is 67.9 Å². The number of pyridine rings is 1. The van der Waals surface area contributed by atoms with E-state index in [4.69, 9.17) is 58.0 Å². The van der Waals surface area contributed by atoms with Crippen LogP contribution in [0.2, 0.25) is 0 Å². The monoisotopic (exact) mass is 659 g/mol. The number of halogens is 11. The van der Waals surface area contributed by atoms with Crippen molar-refractivity contribution in [2.45, 2.75) is 13.8 Å². The van der Waals surface area contributed by atoms with E-state index in [2.05, 4.69) is 18.1 Å². The molecule has 5 nitrogen and oxygen atoms in total. The molecule has 16 heteroatoms. The molecule has 0 spiro atoms. The van der Waals surface area contributed by atoms with Gasteiger partial charge in [0, 0.05) is 54.1 Å². The van der Waals surface area contributed by atoms with E-state index in [0.29, 0.717) is 25.9 Å². The van der Waals surface area contributed by atoms with Crippen molar-refractivity contribution in [1.82, 2.24) is 4.98 Å². The number of aryl methyl sites for hydroxylation is 2. The van der Waals surface area contributed by atoms with E-state index in [1.54, 1.807) is 48.5 Å². The Hall–Kier alpha value is -4.40. The van der Waals surface area contributed by atoms with Gasteiger partial charge in [-0.1, -0.05) is 55.6 Å². The molecule has 0 saturated carbocycles. The molecule has 1 aromatic heterocycles. The van der Waals surface area contributed by atoms with Crippen LogP contribution in [0.15, 0.2) is 104 Å². The van der Waals surface area contributed by atoms with Crippen molar-refractivity contribution < 1.29 is 64.8 Å². The molecule has 1 heterocycles. The number of aromatic hydroxyl groups is 1. The zero-order chi connectivity index (χ0) is 35.5. The van der Waals surface area contributed by atoms with Crippen LogP contribution in [-0.4, -0.2) is 35.7 Å². The molecule has 3 rings (SSSR count). The van der Waals surface area contributed by atoms with E-state index in [0.717, 1.165) is 23.5 Å². The van der Waals surface area contributed by atoms with Crippen LogP contribution in [0.4, 0.5) is 45.4 Å². The van der Waals surface area contributed by atoms with Gasteiger partial charge in [0.1, 0.15) is 11.5 Å². The zero-order valence-corrected chi connectivity index (χ0v) is 24.1. The average Bonchev–Trinajstić information content (AvgIpc) is 3.08. The number of rotatable bonds is 3. The lowest BCUT2D eigenvalue weighted by atomic mass is 10.3. The number of carbonyl (C=O) groups is 2. The second-order valence-corrected chi connectivity index (χ2v) is 6.07. The fourth-order valence-electron chi connectivity index (χ4n) is 1.75. The minimum atomic E-state index is -0.509. The van der Waals surface area contributed by atoms with Crippen LogP contribution in [0.1, 0.15) is 11.4 Å². The van der Waals surface area contributed by atoms with E-state index in [9.17, 15) is 18.4 Å². The number of carbonyl (C=O) groups excluding carboxylic acids is 2. The predicted octanol–water partition coefficient (Wildman–Crippen LogP) is 10.3. The Morgan fingerprint density at radius 3 is 1.21 bits per heavy atom. The van der Waals surface area contributed by atoms with Crippen molar-refractivity contribution in [3.63, 3.8) is 0 Å². The summed E-state index contributed by atoms with van der Waals surface area (Å²) in [5.74, 6) is 0.427. The number of para-hydroxylation sites is 2. The molecule has 2 aromatic carbocycles. The zero-order valence-electron chi connectivity index (χ0n) is 23.4. The highest BCUT2D eigenvalue weighted by Gasteiger charge is 1.95. The molecule has 3 aromatic rings. The maximum Gasteiger partial charge on any atom is 0.335 e. The molecule has 1 N–H and O–H groups in total. The molecular formula is C27H32ClF10NO4. The molecule has 0 aliphatic rings. The van der Waals surface area contributed by atoms with Gasteiger partial charge in [-0.25, -0.2) is 4.79 Å². The molecule has 0 aliphatic heterocycles. The van der Waals surface area contributed by atoms with Crippen molar-refractivity contribution in [2.75, 3.05) is 14.4 Å². The summed E-state index contributed by atoms with van der Waals surface area (Å²) in [5.41, 5.74) is 2.18. The quantitative estimate of drug-likeness (QED) is 0.0996. The maximum atomic E-state index is 10.6. The number of ether oxygens (including phenoxy) is 1. The van der Waals surface area contributed by atoms with E-state index >= 15 is 0 Å². The summed E-state index contributed by atoms with van der Waals surface area (Å²) < 4.78 is 87.8. The van der Waals surface area contributed by atoms with Gasteiger partial charge in [0.15, 0.2) is 0 Å². The second kappa shape index (κ2) is 53.8. The lowest BCUT2D eigenvalue weighted by Crippen LogP contribution is -2.02. The third-order valence-corrected chi connectivity index (χ3v) is 3.23. The highest BCUT2D eigenvalue weighted by atomic mass is 35.5. The Morgan fingerprint density at radius 2 is 1.00 bits per heavy atom. The van der Waals surface area contributed by atoms with Crippen LogP contribution in [0.5, 0.6) is 11.5 Å². The summed E-state index contributed by atoms with van der Waals surface area (Å²) >= 11 is 4.71. The summed E-state index contributed by atoms with van der Waals surface area (Å²) in [5, 5.41) is 8.12. The third-order valence-electron chi connectivity index (χ3n) is 3.07. The molecule has 0 fully saturated rings. The van der Waals surface area contributed by atoms with Crippen LogP contribution in [0.3, 0.4) is 0 Å². The van der Waals surface area contributed by atoms with Crippen molar-refractivity contribution in [1.29, 1.82) is 0 Å². The number of aromatic nitrogens is 1. The number of phenolic OH excluding ortho intramolecular Hbond substituents is 1. The lowest BCUT2D eigenvalue weighted by Gasteiger charge is -1.98. The summed E-state index contributed by atoms with van der Waals surface area (Å²) in [4.78, 5) is 24.3. The summed E-state index contributed by atoms with van der Waals surface area (Å²) in [7, 11) is 1.00. The minimum Gasteiger partial charge on any atom is -0.508 e. The fourth-order valence-corrected chi connectivity index (χ4v) is 1.75. The first-order chi connectivity index (χ1) is 20.8. The normalized spacial score (nSPS) is 6.95. The first kappa shape index (κ1) is 54.6. The fraction of sp³-hybridized carbons (Fsp3) is 0.148. The topological polar surface area (TPSA) is 76.5 Å². The maximum absolute atomic E-state index is 10.6. The largest absolute Gasteiger partial charge is 0.508 e. The number of allylic oxidation sites excluding steroid dienone is 1. The first-order valence-corrected chi connectivity index (χ1v) is 10.8. The van der Waals surface area contributed by atoms with Gasteiger partial charge in [-0.2, -0.15) is 0 Å².